The first kappa shape index (κ1) is 18.1. The van der Waals surface area contributed by atoms with Crippen molar-refractivity contribution in [3.8, 4) is 0 Å². The molecule has 142 valence electrons. The molecule has 0 spiro atoms. The maximum Gasteiger partial charge on any atom is 0.256 e. The van der Waals surface area contributed by atoms with Gasteiger partial charge >= 0.3 is 0 Å². The summed E-state index contributed by atoms with van der Waals surface area (Å²) < 4.78 is 0. The van der Waals surface area contributed by atoms with E-state index < -0.39 is 5.91 Å². The molecule has 0 atom stereocenters. The number of likely N-dealkylation sites (N-methyl/N-ethyl adjacent to an activating group) is 1. The number of hydrogen-bond acceptors (Lipinski definition) is 4. The van der Waals surface area contributed by atoms with Gasteiger partial charge in [-0.25, -0.2) is 0 Å². The molecule has 0 radical (unpaired) electrons. The number of nitrogens with two attached hydrogens (primary N) is 1. The number of carbonyl (C=O) groups excluding carboxylic acids is 2. The summed E-state index contributed by atoms with van der Waals surface area (Å²) in [5.74, 6) is -0.823. The molecular weight excluding hydrogens is 352 g/mol. The Hall–Kier alpha value is -3.25. The minimum absolute atomic E-state index is 0.249. The zero-order chi connectivity index (χ0) is 19.7. The molecule has 0 aliphatic carbocycles. The van der Waals surface area contributed by atoms with Crippen LogP contribution >= 0.6 is 0 Å². The number of pyridine rings is 1. The maximum atomic E-state index is 13.4. The molecule has 3 N–H and O–H groups in total. The first-order valence-electron chi connectivity index (χ1n) is 9.41. The van der Waals surface area contributed by atoms with Crippen molar-refractivity contribution in [3.63, 3.8) is 0 Å². The van der Waals surface area contributed by atoms with E-state index in [-0.39, 0.29) is 5.91 Å². The van der Waals surface area contributed by atoms with E-state index in [0.29, 0.717) is 23.4 Å². The number of fused-ring (bicyclic) bond motifs is 2. The minimum Gasteiger partial charge on any atom is -0.366 e. The summed E-state index contributed by atoms with van der Waals surface area (Å²) in [4.78, 5) is 32.2. The Balaban J connectivity index is 1.83. The van der Waals surface area contributed by atoms with Gasteiger partial charge < -0.3 is 11.1 Å². The van der Waals surface area contributed by atoms with Gasteiger partial charge in [-0.15, -0.1) is 0 Å². The smallest absolute Gasteiger partial charge is 0.256 e. The van der Waals surface area contributed by atoms with Crippen molar-refractivity contribution in [1.82, 2.24) is 9.88 Å². The van der Waals surface area contributed by atoms with E-state index in [1.54, 1.807) is 24.3 Å². The van der Waals surface area contributed by atoms with Crippen molar-refractivity contribution >= 4 is 28.4 Å². The first-order valence-corrected chi connectivity index (χ1v) is 9.41. The van der Waals surface area contributed by atoms with Gasteiger partial charge in [-0.2, -0.15) is 0 Å². The molecule has 0 fully saturated rings. The van der Waals surface area contributed by atoms with Crippen molar-refractivity contribution in [2.75, 3.05) is 18.4 Å². The lowest BCUT2D eigenvalue weighted by molar-refractivity contribution is 0.100. The fraction of sp³-hybridized carbons (Fsp3) is 0.227. The number of carbonyl (C=O) groups is 2. The van der Waals surface area contributed by atoms with Gasteiger partial charge in [-0.05, 0) is 24.7 Å². The molecule has 2 aromatic carbocycles. The van der Waals surface area contributed by atoms with Crippen molar-refractivity contribution in [2.45, 2.75) is 19.9 Å². The molecule has 0 unspecified atom stereocenters. The molecule has 6 nitrogen and oxygen atoms in total. The normalized spacial score (nSPS) is 13.9. The van der Waals surface area contributed by atoms with Gasteiger partial charge in [0.15, 0.2) is 0 Å². The van der Waals surface area contributed by atoms with E-state index in [9.17, 15) is 9.59 Å². The number of benzene rings is 2. The van der Waals surface area contributed by atoms with Crippen LogP contribution in [0.5, 0.6) is 0 Å². The SMILES string of the molecule is CCN1CCc2nc3ccccc3c(C(=O)Nc3ccccc3C(N)=O)c2C1. The summed E-state index contributed by atoms with van der Waals surface area (Å²) in [5, 5.41) is 3.71. The Kier molecular flexibility index (Phi) is 4.79. The molecule has 2 heterocycles. The van der Waals surface area contributed by atoms with Crippen LogP contribution in [-0.2, 0) is 13.0 Å². The molecule has 1 aliphatic heterocycles. The van der Waals surface area contributed by atoms with Crippen molar-refractivity contribution < 1.29 is 9.59 Å². The Morgan fingerprint density at radius 1 is 1.14 bits per heavy atom. The number of primary amides is 1. The number of para-hydroxylation sites is 2. The quantitative estimate of drug-likeness (QED) is 0.735. The van der Waals surface area contributed by atoms with Crippen LogP contribution in [0, 0.1) is 0 Å². The van der Waals surface area contributed by atoms with Crippen LogP contribution in [0.25, 0.3) is 10.9 Å². The van der Waals surface area contributed by atoms with Crippen molar-refractivity contribution in [3.05, 3.63) is 70.9 Å². The summed E-state index contributed by atoms with van der Waals surface area (Å²) in [6.07, 6.45) is 0.812. The second-order valence-electron chi connectivity index (χ2n) is 6.91. The highest BCUT2D eigenvalue weighted by molar-refractivity contribution is 6.15. The molecule has 0 bridgehead atoms. The number of hydrogen-bond donors (Lipinski definition) is 2. The van der Waals surface area contributed by atoms with Gasteiger partial charge in [0.25, 0.3) is 11.8 Å². The van der Waals surface area contributed by atoms with Crippen LogP contribution in [0.3, 0.4) is 0 Å². The van der Waals surface area contributed by atoms with E-state index in [1.807, 2.05) is 24.3 Å². The van der Waals surface area contributed by atoms with E-state index >= 15 is 0 Å². The van der Waals surface area contributed by atoms with Crippen LogP contribution < -0.4 is 11.1 Å². The average molecular weight is 374 g/mol. The van der Waals surface area contributed by atoms with E-state index in [2.05, 4.69) is 17.1 Å². The van der Waals surface area contributed by atoms with E-state index in [1.165, 1.54) is 0 Å². The van der Waals surface area contributed by atoms with Crippen LogP contribution in [0.1, 0.15) is 38.9 Å². The summed E-state index contributed by atoms with van der Waals surface area (Å²) in [7, 11) is 0. The third-order valence-electron chi connectivity index (χ3n) is 5.24. The Morgan fingerprint density at radius 2 is 1.89 bits per heavy atom. The van der Waals surface area contributed by atoms with Gasteiger partial charge in [0.05, 0.1) is 22.3 Å². The zero-order valence-corrected chi connectivity index (χ0v) is 15.7. The maximum absolute atomic E-state index is 13.4. The lowest BCUT2D eigenvalue weighted by Crippen LogP contribution is -2.33. The molecule has 28 heavy (non-hydrogen) atoms. The average Bonchev–Trinajstić information content (AvgIpc) is 2.71. The van der Waals surface area contributed by atoms with Crippen LogP contribution in [0.4, 0.5) is 5.69 Å². The summed E-state index contributed by atoms with van der Waals surface area (Å²) in [6, 6.07) is 14.5. The fourth-order valence-corrected chi connectivity index (χ4v) is 3.77. The number of nitrogens with one attached hydrogen (secondary N) is 1. The van der Waals surface area contributed by atoms with Crippen molar-refractivity contribution in [1.29, 1.82) is 0 Å². The zero-order valence-electron chi connectivity index (χ0n) is 15.7. The molecule has 0 saturated carbocycles. The van der Waals surface area contributed by atoms with Gasteiger partial charge in [0.1, 0.15) is 0 Å². The molecule has 6 heteroatoms. The number of nitrogens with zero attached hydrogens (tertiary/aromatic N) is 2. The summed E-state index contributed by atoms with van der Waals surface area (Å²) in [6.45, 7) is 4.64. The highest BCUT2D eigenvalue weighted by Crippen LogP contribution is 2.29. The molecular formula is C22H22N4O2. The molecule has 0 saturated heterocycles. The van der Waals surface area contributed by atoms with E-state index in [0.717, 1.165) is 41.7 Å². The molecule has 3 aromatic rings. The Labute approximate surface area is 163 Å². The fourth-order valence-electron chi connectivity index (χ4n) is 3.77. The second kappa shape index (κ2) is 7.40. The highest BCUT2D eigenvalue weighted by atomic mass is 16.2. The van der Waals surface area contributed by atoms with Gasteiger partial charge in [-0.1, -0.05) is 37.3 Å². The molecule has 1 aliphatic rings. The molecule has 1 aromatic heterocycles. The molecule has 2 amide bonds. The van der Waals surface area contributed by atoms with Crippen LogP contribution in [0.15, 0.2) is 48.5 Å². The predicted octanol–water partition coefficient (Wildman–Crippen LogP) is 2.96. The second-order valence-corrected chi connectivity index (χ2v) is 6.91. The number of anilines is 1. The Morgan fingerprint density at radius 3 is 2.68 bits per heavy atom. The highest BCUT2D eigenvalue weighted by Gasteiger charge is 2.25. The standard InChI is InChI=1S/C22H22N4O2/c1-2-26-12-11-19-16(13-26)20(14-7-3-5-9-17(14)24-19)22(28)25-18-10-6-4-8-15(18)21(23)27/h3-10H,2,11-13H2,1H3,(H2,23,27)(H,25,28). The third kappa shape index (κ3) is 3.23. The lowest BCUT2D eigenvalue weighted by atomic mass is 9.95. The van der Waals surface area contributed by atoms with E-state index in [4.69, 9.17) is 10.7 Å². The van der Waals surface area contributed by atoms with Gasteiger partial charge in [0, 0.05) is 36.2 Å². The lowest BCUT2D eigenvalue weighted by Gasteiger charge is -2.29. The Bertz CT molecular complexity index is 1080. The van der Waals surface area contributed by atoms with Crippen molar-refractivity contribution in [2.24, 2.45) is 5.73 Å². The summed E-state index contributed by atoms with van der Waals surface area (Å²) in [5.41, 5.74) is 9.52. The third-order valence-corrected chi connectivity index (χ3v) is 5.24. The van der Waals surface area contributed by atoms with Gasteiger partial charge in [0.2, 0.25) is 0 Å². The predicted molar refractivity (Wildman–Crippen MR) is 109 cm³/mol. The van der Waals surface area contributed by atoms with Crippen LogP contribution in [0.2, 0.25) is 0 Å². The molecule has 4 rings (SSSR count). The van der Waals surface area contributed by atoms with Crippen LogP contribution in [-0.4, -0.2) is 34.8 Å². The number of amides is 2. The largest absolute Gasteiger partial charge is 0.366 e. The monoisotopic (exact) mass is 374 g/mol. The first-order chi connectivity index (χ1) is 13.6. The van der Waals surface area contributed by atoms with Gasteiger partial charge in [-0.3, -0.25) is 19.5 Å². The summed E-state index contributed by atoms with van der Waals surface area (Å²) >= 11 is 0. The number of rotatable bonds is 4. The number of aromatic nitrogens is 1. The topological polar surface area (TPSA) is 88.3 Å². The minimum atomic E-state index is -0.574.